The molecule has 0 fully saturated rings. The minimum absolute atomic E-state index is 0.123. The number of methoxy groups -OCH3 is 2. The summed E-state index contributed by atoms with van der Waals surface area (Å²) in [6.07, 6.45) is 1.02. The predicted octanol–water partition coefficient (Wildman–Crippen LogP) is 4.29. The lowest BCUT2D eigenvalue weighted by atomic mass is 9.97. The van der Waals surface area contributed by atoms with Gasteiger partial charge in [0.15, 0.2) is 0 Å². The first-order chi connectivity index (χ1) is 14.7. The summed E-state index contributed by atoms with van der Waals surface area (Å²) < 4.78 is 10.6. The molecular formula is C24H26N2O3S. The number of fused-ring (bicyclic) bond motifs is 1. The van der Waals surface area contributed by atoms with Gasteiger partial charge in [-0.3, -0.25) is 9.69 Å². The van der Waals surface area contributed by atoms with Gasteiger partial charge in [-0.25, -0.2) is 0 Å². The zero-order valence-electron chi connectivity index (χ0n) is 17.3. The highest BCUT2D eigenvalue weighted by molar-refractivity contribution is 7.08. The van der Waals surface area contributed by atoms with Crippen LogP contribution in [0.1, 0.15) is 33.1 Å². The van der Waals surface area contributed by atoms with Crippen molar-refractivity contribution in [1.29, 1.82) is 0 Å². The second kappa shape index (κ2) is 9.32. The number of nitrogens with zero attached hydrogens (tertiary/aromatic N) is 1. The number of ether oxygens (including phenoxy) is 2. The summed E-state index contributed by atoms with van der Waals surface area (Å²) >= 11 is 1.69. The molecule has 156 valence electrons. The van der Waals surface area contributed by atoms with E-state index in [0.29, 0.717) is 23.6 Å². The van der Waals surface area contributed by atoms with Crippen molar-refractivity contribution >= 4 is 17.2 Å². The first-order valence-electron chi connectivity index (χ1n) is 10.0. The van der Waals surface area contributed by atoms with Crippen molar-refractivity contribution in [3.05, 3.63) is 81.5 Å². The van der Waals surface area contributed by atoms with E-state index in [1.54, 1.807) is 43.8 Å². The van der Waals surface area contributed by atoms with Crippen LogP contribution in [0.15, 0.2) is 59.3 Å². The van der Waals surface area contributed by atoms with Gasteiger partial charge in [-0.15, -0.1) is 0 Å². The highest BCUT2D eigenvalue weighted by atomic mass is 32.1. The predicted molar refractivity (Wildman–Crippen MR) is 119 cm³/mol. The van der Waals surface area contributed by atoms with E-state index in [0.717, 1.165) is 19.5 Å². The normalized spacial score (nSPS) is 14.6. The molecule has 4 rings (SSSR count). The lowest BCUT2D eigenvalue weighted by Gasteiger charge is -2.35. The molecule has 0 aliphatic carbocycles. The number of carbonyl (C=O) groups excluding carboxylic acids is 1. The Kier molecular flexibility index (Phi) is 6.35. The van der Waals surface area contributed by atoms with Crippen LogP contribution in [0.5, 0.6) is 11.5 Å². The summed E-state index contributed by atoms with van der Waals surface area (Å²) in [4.78, 5) is 15.4. The van der Waals surface area contributed by atoms with Crippen molar-refractivity contribution in [2.75, 3.05) is 27.3 Å². The topological polar surface area (TPSA) is 50.8 Å². The molecule has 1 unspecified atom stereocenters. The molecule has 0 bridgehead atoms. The van der Waals surface area contributed by atoms with Gasteiger partial charge in [0.05, 0.1) is 25.8 Å². The van der Waals surface area contributed by atoms with E-state index < -0.39 is 0 Å². The molecule has 2 aromatic carbocycles. The van der Waals surface area contributed by atoms with Gasteiger partial charge in [0.2, 0.25) is 0 Å². The van der Waals surface area contributed by atoms with Gasteiger partial charge in [-0.2, -0.15) is 11.3 Å². The minimum atomic E-state index is -0.146. The standard InChI is InChI=1S/C24H26N2O3S/c1-28-20-7-8-21(23(13-20)29-2)24(27)25-14-22(19-10-12-30-16-19)26-11-9-17-5-3-4-6-18(17)15-26/h3-8,10,12-13,16,22H,9,11,14-15H2,1-2H3,(H,25,27). The fraction of sp³-hybridized carbons (Fsp3) is 0.292. The quantitative estimate of drug-likeness (QED) is 0.617. The van der Waals surface area contributed by atoms with Crippen LogP contribution in [-0.2, 0) is 13.0 Å². The second-order valence-electron chi connectivity index (χ2n) is 7.34. The smallest absolute Gasteiger partial charge is 0.255 e. The number of amides is 1. The van der Waals surface area contributed by atoms with Crippen LogP contribution in [0.4, 0.5) is 0 Å². The first-order valence-corrected chi connectivity index (χ1v) is 11.0. The van der Waals surface area contributed by atoms with E-state index >= 15 is 0 Å². The molecule has 1 aliphatic heterocycles. The zero-order chi connectivity index (χ0) is 20.9. The lowest BCUT2D eigenvalue weighted by molar-refractivity contribution is 0.0925. The maximum absolute atomic E-state index is 12.9. The van der Waals surface area contributed by atoms with E-state index in [-0.39, 0.29) is 11.9 Å². The number of benzene rings is 2. The Hall–Kier alpha value is -2.83. The molecule has 2 heterocycles. The van der Waals surface area contributed by atoms with Gasteiger partial charge >= 0.3 is 0 Å². The fourth-order valence-corrected chi connectivity index (χ4v) is 4.68. The summed E-state index contributed by atoms with van der Waals surface area (Å²) in [6, 6.07) is 16.1. The maximum atomic E-state index is 12.9. The third-order valence-electron chi connectivity index (χ3n) is 5.64. The Morgan fingerprint density at radius 3 is 2.70 bits per heavy atom. The number of carbonyl (C=O) groups is 1. The second-order valence-corrected chi connectivity index (χ2v) is 8.12. The molecular weight excluding hydrogens is 396 g/mol. The number of hydrogen-bond acceptors (Lipinski definition) is 5. The third kappa shape index (κ3) is 4.35. The zero-order valence-corrected chi connectivity index (χ0v) is 18.1. The van der Waals surface area contributed by atoms with Gasteiger partial charge in [0, 0.05) is 25.7 Å². The summed E-state index contributed by atoms with van der Waals surface area (Å²) in [5.41, 5.74) is 4.53. The third-order valence-corrected chi connectivity index (χ3v) is 6.34. The van der Waals surface area contributed by atoms with Gasteiger partial charge in [-0.05, 0) is 52.1 Å². The van der Waals surface area contributed by atoms with Crippen LogP contribution in [0, 0.1) is 0 Å². The van der Waals surface area contributed by atoms with Crippen LogP contribution in [0.25, 0.3) is 0 Å². The molecule has 0 radical (unpaired) electrons. The van der Waals surface area contributed by atoms with Crippen LogP contribution < -0.4 is 14.8 Å². The van der Waals surface area contributed by atoms with E-state index in [4.69, 9.17) is 9.47 Å². The molecule has 1 amide bonds. The molecule has 6 heteroatoms. The van der Waals surface area contributed by atoms with Crippen molar-refractivity contribution in [2.45, 2.75) is 19.0 Å². The number of thiophene rings is 1. The van der Waals surface area contributed by atoms with Crippen molar-refractivity contribution < 1.29 is 14.3 Å². The van der Waals surface area contributed by atoms with E-state index in [9.17, 15) is 4.79 Å². The van der Waals surface area contributed by atoms with Crippen molar-refractivity contribution in [3.8, 4) is 11.5 Å². The van der Waals surface area contributed by atoms with Crippen molar-refractivity contribution in [1.82, 2.24) is 10.2 Å². The SMILES string of the molecule is COc1ccc(C(=O)NCC(c2ccsc2)N2CCc3ccccc3C2)c(OC)c1. The van der Waals surface area contributed by atoms with E-state index in [1.807, 2.05) is 0 Å². The highest BCUT2D eigenvalue weighted by Gasteiger charge is 2.26. The number of nitrogens with one attached hydrogen (secondary N) is 1. The molecule has 5 nitrogen and oxygen atoms in total. The molecule has 1 atom stereocenters. The number of rotatable bonds is 7. The monoisotopic (exact) mass is 422 g/mol. The Balaban J connectivity index is 1.51. The molecule has 1 aliphatic rings. The van der Waals surface area contributed by atoms with Gasteiger partial charge in [-0.1, -0.05) is 24.3 Å². The van der Waals surface area contributed by atoms with Crippen molar-refractivity contribution in [2.24, 2.45) is 0 Å². The Bertz CT molecular complexity index is 1000. The highest BCUT2D eigenvalue weighted by Crippen LogP contribution is 2.29. The molecule has 0 saturated carbocycles. The van der Waals surface area contributed by atoms with Crippen LogP contribution >= 0.6 is 11.3 Å². The van der Waals surface area contributed by atoms with Crippen LogP contribution in [0.3, 0.4) is 0 Å². The van der Waals surface area contributed by atoms with E-state index in [2.05, 4.69) is 51.3 Å². The minimum Gasteiger partial charge on any atom is -0.497 e. The maximum Gasteiger partial charge on any atom is 0.255 e. The fourth-order valence-electron chi connectivity index (χ4n) is 3.98. The molecule has 1 aromatic heterocycles. The summed E-state index contributed by atoms with van der Waals surface area (Å²) in [5, 5.41) is 7.39. The molecule has 0 spiro atoms. The van der Waals surface area contributed by atoms with E-state index in [1.165, 1.54) is 16.7 Å². The molecule has 3 aromatic rings. The summed E-state index contributed by atoms with van der Waals surface area (Å²) in [5.74, 6) is 1.02. The molecule has 0 saturated heterocycles. The first kappa shape index (κ1) is 20.4. The summed E-state index contributed by atoms with van der Waals surface area (Å²) in [7, 11) is 3.15. The van der Waals surface area contributed by atoms with Gasteiger partial charge in [0.1, 0.15) is 11.5 Å². The Labute approximate surface area is 181 Å². The van der Waals surface area contributed by atoms with Gasteiger partial charge < -0.3 is 14.8 Å². The number of hydrogen-bond donors (Lipinski definition) is 1. The Morgan fingerprint density at radius 2 is 1.97 bits per heavy atom. The van der Waals surface area contributed by atoms with Crippen molar-refractivity contribution in [3.63, 3.8) is 0 Å². The van der Waals surface area contributed by atoms with Crippen LogP contribution in [-0.4, -0.2) is 38.1 Å². The average molecular weight is 423 g/mol. The molecule has 30 heavy (non-hydrogen) atoms. The summed E-state index contributed by atoms with van der Waals surface area (Å²) in [6.45, 7) is 2.39. The average Bonchev–Trinajstić information content (AvgIpc) is 3.33. The van der Waals surface area contributed by atoms with Crippen LogP contribution in [0.2, 0.25) is 0 Å². The molecule has 1 N–H and O–H groups in total. The largest absolute Gasteiger partial charge is 0.497 e. The lowest BCUT2D eigenvalue weighted by Crippen LogP contribution is -2.40. The Morgan fingerprint density at radius 1 is 1.13 bits per heavy atom. The van der Waals surface area contributed by atoms with Gasteiger partial charge in [0.25, 0.3) is 5.91 Å².